The van der Waals surface area contributed by atoms with Gasteiger partial charge in [0, 0.05) is 30.9 Å². The van der Waals surface area contributed by atoms with E-state index in [1.54, 1.807) is 6.20 Å². The van der Waals surface area contributed by atoms with Crippen LogP contribution in [0.5, 0.6) is 0 Å². The first-order chi connectivity index (χ1) is 5.33. The molecule has 1 aromatic rings. The molecule has 0 saturated heterocycles. The average Bonchev–Trinajstić information content (AvgIpc) is 2.06. The van der Waals surface area contributed by atoms with Crippen molar-refractivity contribution in [2.75, 3.05) is 6.54 Å². The first kappa shape index (κ1) is 8.17. The highest BCUT2D eigenvalue weighted by molar-refractivity contribution is 5.04. The van der Waals surface area contributed by atoms with E-state index >= 15 is 0 Å². The maximum absolute atomic E-state index is 5.64. The predicted octanol–water partition coefficient (Wildman–Crippen LogP) is -0.0899. The second-order valence-corrected chi connectivity index (χ2v) is 2.52. The van der Waals surface area contributed by atoms with Gasteiger partial charge in [-0.05, 0) is 12.1 Å². The molecule has 0 radical (unpaired) electrons. The van der Waals surface area contributed by atoms with Gasteiger partial charge in [-0.25, -0.2) is 0 Å². The highest BCUT2D eigenvalue weighted by Gasteiger charge is 2.00. The summed E-state index contributed by atoms with van der Waals surface area (Å²) in [7, 11) is 0. The Balaban J connectivity index is 2.51. The molecule has 0 aliphatic heterocycles. The summed E-state index contributed by atoms with van der Waals surface area (Å²) in [6, 6.07) is 5.82. The number of hydrogen-bond donors (Lipinski definition) is 2. The zero-order chi connectivity index (χ0) is 8.10. The lowest BCUT2D eigenvalue weighted by molar-refractivity contribution is 0.667. The monoisotopic (exact) mass is 151 g/mol. The van der Waals surface area contributed by atoms with E-state index in [1.165, 1.54) is 0 Å². The summed E-state index contributed by atoms with van der Waals surface area (Å²) in [4.78, 5) is 4.13. The molecule has 0 aliphatic carbocycles. The Labute approximate surface area is 66.4 Å². The second-order valence-electron chi connectivity index (χ2n) is 2.52. The molecule has 3 nitrogen and oxygen atoms in total. The Kier molecular flexibility index (Phi) is 3.01. The van der Waals surface area contributed by atoms with Crippen molar-refractivity contribution in [2.24, 2.45) is 11.5 Å². The molecule has 0 aromatic carbocycles. The van der Waals surface area contributed by atoms with Gasteiger partial charge >= 0.3 is 0 Å². The van der Waals surface area contributed by atoms with Crippen LogP contribution in [0, 0.1) is 0 Å². The van der Waals surface area contributed by atoms with E-state index in [0.717, 1.165) is 12.1 Å². The van der Waals surface area contributed by atoms with Crippen molar-refractivity contribution in [2.45, 2.75) is 12.5 Å². The van der Waals surface area contributed by atoms with Crippen LogP contribution in [0.4, 0.5) is 0 Å². The van der Waals surface area contributed by atoms with Crippen LogP contribution in [0.15, 0.2) is 24.4 Å². The first-order valence-corrected chi connectivity index (χ1v) is 3.68. The molecule has 0 amide bonds. The van der Waals surface area contributed by atoms with E-state index in [2.05, 4.69) is 4.98 Å². The van der Waals surface area contributed by atoms with Crippen molar-refractivity contribution in [3.05, 3.63) is 30.1 Å². The van der Waals surface area contributed by atoms with Crippen LogP contribution >= 0.6 is 0 Å². The van der Waals surface area contributed by atoms with E-state index in [1.807, 2.05) is 18.2 Å². The minimum atomic E-state index is 0.0323. The lowest BCUT2D eigenvalue weighted by atomic mass is 10.1. The number of aromatic nitrogens is 1. The summed E-state index contributed by atoms with van der Waals surface area (Å²) in [5.74, 6) is 0. The Morgan fingerprint density at radius 1 is 1.45 bits per heavy atom. The lowest BCUT2D eigenvalue weighted by Crippen LogP contribution is -2.31. The minimum absolute atomic E-state index is 0.0323. The van der Waals surface area contributed by atoms with Crippen molar-refractivity contribution in [3.8, 4) is 0 Å². The van der Waals surface area contributed by atoms with Gasteiger partial charge in [0.2, 0.25) is 0 Å². The van der Waals surface area contributed by atoms with Crippen molar-refractivity contribution < 1.29 is 0 Å². The SMILES string of the molecule is NCC(N)Cc1ccccn1. The number of hydrogen-bond acceptors (Lipinski definition) is 3. The van der Waals surface area contributed by atoms with E-state index in [9.17, 15) is 0 Å². The van der Waals surface area contributed by atoms with Gasteiger partial charge in [-0.1, -0.05) is 6.07 Å². The number of rotatable bonds is 3. The Morgan fingerprint density at radius 3 is 2.82 bits per heavy atom. The molecule has 0 spiro atoms. The molecule has 1 atom stereocenters. The molecular weight excluding hydrogens is 138 g/mol. The number of pyridine rings is 1. The lowest BCUT2D eigenvalue weighted by Gasteiger charge is -2.06. The fraction of sp³-hybridized carbons (Fsp3) is 0.375. The summed E-state index contributed by atoms with van der Waals surface area (Å²) < 4.78 is 0. The molecular formula is C8H13N3. The maximum Gasteiger partial charge on any atom is 0.0419 e. The normalized spacial score (nSPS) is 12.9. The highest BCUT2D eigenvalue weighted by atomic mass is 14.7. The topological polar surface area (TPSA) is 64.9 Å². The summed E-state index contributed by atoms with van der Waals surface area (Å²) in [6.45, 7) is 0.510. The van der Waals surface area contributed by atoms with Crippen molar-refractivity contribution >= 4 is 0 Å². The Hall–Kier alpha value is -0.930. The van der Waals surface area contributed by atoms with Gasteiger partial charge in [0.1, 0.15) is 0 Å². The molecule has 1 rings (SSSR count). The van der Waals surface area contributed by atoms with Crippen molar-refractivity contribution in [1.82, 2.24) is 4.98 Å². The Bertz CT molecular complexity index is 198. The number of nitrogens with two attached hydrogens (primary N) is 2. The van der Waals surface area contributed by atoms with Crippen LogP contribution in [0.2, 0.25) is 0 Å². The molecule has 3 heteroatoms. The van der Waals surface area contributed by atoms with Gasteiger partial charge in [-0.15, -0.1) is 0 Å². The van der Waals surface area contributed by atoms with Crippen molar-refractivity contribution in [3.63, 3.8) is 0 Å². The molecule has 1 heterocycles. The third kappa shape index (κ3) is 2.65. The molecule has 4 N–H and O–H groups in total. The standard InChI is InChI=1S/C8H13N3/c9-6-7(10)5-8-3-1-2-4-11-8/h1-4,7H,5-6,9-10H2. The molecule has 0 saturated carbocycles. The fourth-order valence-electron chi connectivity index (χ4n) is 0.871. The van der Waals surface area contributed by atoms with Gasteiger partial charge in [0.15, 0.2) is 0 Å². The minimum Gasteiger partial charge on any atom is -0.329 e. The van der Waals surface area contributed by atoms with Crippen LogP contribution in [-0.4, -0.2) is 17.6 Å². The van der Waals surface area contributed by atoms with E-state index in [4.69, 9.17) is 11.5 Å². The highest BCUT2D eigenvalue weighted by Crippen LogP contribution is 1.95. The second kappa shape index (κ2) is 4.05. The maximum atomic E-state index is 5.64. The van der Waals surface area contributed by atoms with Crippen LogP contribution in [-0.2, 0) is 6.42 Å². The van der Waals surface area contributed by atoms with Gasteiger partial charge < -0.3 is 11.5 Å². The third-order valence-electron chi connectivity index (χ3n) is 1.50. The first-order valence-electron chi connectivity index (χ1n) is 3.68. The average molecular weight is 151 g/mol. The summed E-state index contributed by atoms with van der Waals surface area (Å²) >= 11 is 0. The molecule has 0 fully saturated rings. The number of nitrogens with zero attached hydrogens (tertiary/aromatic N) is 1. The van der Waals surface area contributed by atoms with Crippen LogP contribution < -0.4 is 11.5 Å². The van der Waals surface area contributed by atoms with Crippen LogP contribution in [0.1, 0.15) is 5.69 Å². The van der Waals surface area contributed by atoms with Crippen molar-refractivity contribution in [1.29, 1.82) is 0 Å². The Morgan fingerprint density at radius 2 is 2.27 bits per heavy atom. The summed E-state index contributed by atoms with van der Waals surface area (Å²) in [6.07, 6.45) is 2.52. The molecule has 0 aliphatic rings. The fourth-order valence-corrected chi connectivity index (χ4v) is 0.871. The van der Waals surface area contributed by atoms with Gasteiger partial charge in [-0.2, -0.15) is 0 Å². The molecule has 0 bridgehead atoms. The van der Waals surface area contributed by atoms with E-state index in [0.29, 0.717) is 6.54 Å². The smallest absolute Gasteiger partial charge is 0.0419 e. The third-order valence-corrected chi connectivity index (χ3v) is 1.50. The summed E-state index contributed by atoms with van der Waals surface area (Å²) in [5, 5.41) is 0. The van der Waals surface area contributed by atoms with E-state index < -0.39 is 0 Å². The summed E-state index contributed by atoms with van der Waals surface area (Å²) in [5.41, 5.74) is 12.0. The van der Waals surface area contributed by atoms with Gasteiger partial charge in [0.05, 0.1) is 0 Å². The van der Waals surface area contributed by atoms with Crippen LogP contribution in [0.3, 0.4) is 0 Å². The molecule has 1 aromatic heterocycles. The zero-order valence-corrected chi connectivity index (χ0v) is 6.40. The largest absolute Gasteiger partial charge is 0.329 e. The quantitative estimate of drug-likeness (QED) is 0.634. The molecule has 11 heavy (non-hydrogen) atoms. The predicted molar refractivity (Wildman–Crippen MR) is 45.0 cm³/mol. The zero-order valence-electron chi connectivity index (χ0n) is 6.40. The molecule has 1 unspecified atom stereocenters. The van der Waals surface area contributed by atoms with Gasteiger partial charge in [-0.3, -0.25) is 4.98 Å². The van der Waals surface area contributed by atoms with Crippen LogP contribution in [0.25, 0.3) is 0 Å². The van der Waals surface area contributed by atoms with Gasteiger partial charge in [0.25, 0.3) is 0 Å². The van der Waals surface area contributed by atoms with E-state index in [-0.39, 0.29) is 6.04 Å². The molecule has 60 valence electrons.